The monoisotopic (exact) mass is 275 g/mol. The van der Waals surface area contributed by atoms with E-state index in [9.17, 15) is 4.39 Å². The summed E-state index contributed by atoms with van der Waals surface area (Å²) in [5.74, 6) is 0.249. The summed E-state index contributed by atoms with van der Waals surface area (Å²) in [7, 11) is 0. The van der Waals surface area contributed by atoms with Crippen molar-refractivity contribution in [1.82, 2.24) is 0 Å². The summed E-state index contributed by atoms with van der Waals surface area (Å²) in [6.45, 7) is 2.61. The molecule has 4 heteroatoms. The Hall–Kier alpha value is -0.610. The molecule has 0 saturated carbocycles. The molecule has 1 atom stereocenters. The second-order valence-electron chi connectivity index (χ2n) is 3.44. The number of benzene rings is 1. The molecule has 0 saturated heterocycles. The highest BCUT2D eigenvalue weighted by atomic mass is 79.9. The molecule has 1 aromatic carbocycles. The van der Waals surface area contributed by atoms with Crippen LogP contribution in [0.4, 0.5) is 4.39 Å². The van der Waals surface area contributed by atoms with E-state index >= 15 is 0 Å². The molecule has 2 N–H and O–H groups in total. The molecule has 0 fully saturated rings. The third kappa shape index (κ3) is 4.18. The van der Waals surface area contributed by atoms with Gasteiger partial charge in [-0.15, -0.1) is 0 Å². The molecule has 0 aliphatic rings. The van der Waals surface area contributed by atoms with Gasteiger partial charge in [-0.25, -0.2) is 4.39 Å². The molecule has 0 aromatic heterocycles. The molecular weight excluding hydrogens is 261 g/mol. The lowest BCUT2D eigenvalue weighted by Gasteiger charge is -2.14. The molecule has 1 aromatic rings. The van der Waals surface area contributed by atoms with Crippen LogP contribution < -0.4 is 10.5 Å². The van der Waals surface area contributed by atoms with E-state index in [-0.39, 0.29) is 11.9 Å². The van der Waals surface area contributed by atoms with Gasteiger partial charge in [-0.05, 0) is 54.4 Å². The van der Waals surface area contributed by atoms with Crippen LogP contribution in [0.25, 0.3) is 0 Å². The zero-order valence-corrected chi connectivity index (χ0v) is 10.3. The Morgan fingerprint density at radius 2 is 2.27 bits per heavy atom. The van der Waals surface area contributed by atoms with E-state index < -0.39 is 0 Å². The second-order valence-corrected chi connectivity index (χ2v) is 4.29. The SMILES string of the molecule is CC(CCCN)Oc1ccc(Br)c(F)c1. The summed E-state index contributed by atoms with van der Waals surface area (Å²) in [4.78, 5) is 0. The summed E-state index contributed by atoms with van der Waals surface area (Å²) < 4.78 is 19.1. The first-order valence-electron chi connectivity index (χ1n) is 4.95. The van der Waals surface area contributed by atoms with Gasteiger partial charge in [-0.2, -0.15) is 0 Å². The Bertz CT molecular complexity index is 319. The van der Waals surface area contributed by atoms with Crippen LogP contribution in [0, 0.1) is 5.82 Å². The Morgan fingerprint density at radius 1 is 1.53 bits per heavy atom. The van der Waals surface area contributed by atoms with Crippen LogP contribution >= 0.6 is 15.9 Å². The maximum atomic E-state index is 13.1. The van der Waals surface area contributed by atoms with Gasteiger partial charge in [-0.3, -0.25) is 0 Å². The predicted octanol–water partition coefficient (Wildman–Crippen LogP) is 3.09. The van der Waals surface area contributed by atoms with Gasteiger partial charge in [0.15, 0.2) is 0 Å². The highest BCUT2D eigenvalue weighted by molar-refractivity contribution is 9.10. The van der Waals surface area contributed by atoms with Crippen LogP contribution in [-0.2, 0) is 0 Å². The number of halogens is 2. The van der Waals surface area contributed by atoms with E-state index in [1.165, 1.54) is 6.07 Å². The zero-order chi connectivity index (χ0) is 11.3. The van der Waals surface area contributed by atoms with Crippen molar-refractivity contribution in [3.8, 4) is 5.75 Å². The molecule has 84 valence electrons. The summed E-state index contributed by atoms with van der Waals surface area (Å²) in [5, 5.41) is 0. The van der Waals surface area contributed by atoms with Gasteiger partial charge in [0.2, 0.25) is 0 Å². The number of nitrogens with two attached hydrogens (primary N) is 1. The van der Waals surface area contributed by atoms with E-state index in [2.05, 4.69) is 15.9 Å². The number of ether oxygens (including phenoxy) is 1. The zero-order valence-electron chi connectivity index (χ0n) is 8.67. The third-order valence-electron chi connectivity index (χ3n) is 2.04. The van der Waals surface area contributed by atoms with Crippen molar-refractivity contribution in [3.05, 3.63) is 28.5 Å². The van der Waals surface area contributed by atoms with Crippen LogP contribution in [0.2, 0.25) is 0 Å². The van der Waals surface area contributed by atoms with Gasteiger partial charge < -0.3 is 10.5 Å². The minimum Gasteiger partial charge on any atom is -0.491 e. The Balaban J connectivity index is 2.53. The maximum absolute atomic E-state index is 13.1. The first-order chi connectivity index (χ1) is 7.13. The minimum atomic E-state index is -0.307. The van der Waals surface area contributed by atoms with Crippen LogP contribution in [0.5, 0.6) is 5.75 Å². The van der Waals surface area contributed by atoms with E-state index in [1.807, 2.05) is 6.92 Å². The fourth-order valence-electron chi connectivity index (χ4n) is 1.25. The molecule has 0 heterocycles. The smallest absolute Gasteiger partial charge is 0.141 e. The Labute approximate surface area is 97.7 Å². The fraction of sp³-hybridized carbons (Fsp3) is 0.455. The molecule has 0 aliphatic heterocycles. The van der Waals surface area contributed by atoms with Crippen LogP contribution in [0.15, 0.2) is 22.7 Å². The number of rotatable bonds is 5. The first-order valence-corrected chi connectivity index (χ1v) is 5.74. The maximum Gasteiger partial charge on any atom is 0.141 e. The first kappa shape index (κ1) is 12.5. The van der Waals surface area contributed by atoms with Crippen LogP contribution in [0.1, 0.15) is 19.8 Å². The summed E-state index contributed by atoms with van der Waals surface area (Å²) >= 11 is 3.09. The number of hydrogen-bond donors (Lipinski definition) is 1. The third-order valence-corrected chi connectivity index (χ3v) is 2.69. The normalized spacial score (nSPS) is 12.5. The van der Waals surface area contributed by atoms with Gasteiger partial charge in [-0.1, -0.05) is 0 Å². The van der Waals surface area contributed by atoms with Crippen molar-refractivity contribution in [2.75, 3.05) is 6.54 Å². The molecule has 0 aliphatic carbocycles. The molecule has 0 bridgehead atoms. The highest BCUT2D eigenvalue weighted by Crippen LogP contribution is 2.22. The van der Waals surface area contributed by atoms with E-state index in [4.69, 9.17) is 10.5 Å². The van der Waals surface area contributed by atoms with Gasteiger partial charge in [0.25, 0.3) is 0 Å². The standard InChI is InChI=1S/C11H15BrFNO/c1-8(3-2-6-14)15-9-4-5-10(12)11(13)7-9/h4-5,7-8H,2-3,6,14H2,1H3. The lowest BCUT2D eigenvalue weighted by Crippen LogP contribution is -2.13. The van der Waals surface area contributed by atoms with E-state index in [1.54, 1.807) is 12.1 Å². The summed E-state index contributed by atoms with van der Waals surface area (Å²) in [6, 6.07) is 4.76. The number of hydrogen-bond acceptors (Lipinski definition) is 2. The van der Waals surface area contributed by atoms with E-state index in [0.29, 0.717) is 16.8 Å². The van der Waals surface area contributed by atoms with Crippen molar-refractivity contribution in [3.63, 3.8) is 0 Å². The lowest BCUT2D eigenvalue weighted by atomic mass is 10.2. The Kier molecular flexibility index (Phi) is 5.05. The molecule has 0 radical (unpaired) electrons. The van der Waals surface area contributed by atoms with Gasteiger partial charge in [0.1, 0.15) is 11.6 Å². The summed E-state index contributed by atoms with van der Waals surface area (Å²) in [5.41, 5.74) is 5.39. The second kappa shape index (κ2) is 6.08. The highest BCUT2D eigenvalue weighted by Gasteiger charge is 2.05. The fourth-order valence-corrected chi connectivity index (χ4v) is 1.49. The Morgan fingerprint density at radius 3 is 2.87 bits per heavy atom. The molecule has 0 amide bonds. The van der Waals surface area contributed by atoms with Crippen molar-refractivity contribution < 1.29 is 9.13 Å². The van der Waals surface area contributed by atoms with Crippen molar-refractivity contribution >= 4 is 15.9 Å². The molecular formula is C11H15BrFNO. The average Bonchev–Trinajstić information content (AvgIpc) is 2.20. The van der Waals surface area contributed by atoms with Gasteiger partial charge >= 0.3 is 0 Å². The van der Waals surface area contributed by atoms with Crippen molar-refractivity contribution in [1.29, 1.82) is 0 Å². The average molecular weight is 276 g/mol. The van der Waals surface area contributed by atoms with Crippen molar-refractivity contribution in [2.24, 2.45) is 5.73 Å². The molecule has 0 spiro atoms. The lowest BCUT2D eigenvalue weighted by molar-refractivity contribution is 0.208. The molecule has 2 nitrogen and oxygen atoms in total. The van der Waals surface area contributed by atoms with Crippen molar-refractivity contribution in [2.45, 2.75) is 25.9 Å². The molecule has 15 heavy (non-hydrogen) atoms. The van der Waals surface area contributed by atoms with Crippen LogP contribution in [0.3, 0.4) is 0 Å². The van der Waals surface area contributed by atoms with E-state index in [0.717, 1.165) is 12.8 Å². The quantitative estimate of drug-likeness (QED) is 0.896. The molecule has 1 rings (SSSR count). The summed E-state index contributed by atoms with van der Waals surface area (Å²) in [6.07, 6.45) is 1.86. The van der Waals surface area contributed by atoms with Gasteiger partial charge in [0.05, 0.1) is 10.6 Å². The molecule has 1 unspecified atom stereocenters. The van der Waals surface area contributed by atoms with Crippen LogP contribution in [-0.4, -0.2) is 12.6 Å². The minimum absolute atomic E-state index is 0.0640. The largest absolute Gasteiger partial charge is 0.491 e. The topological polar surface area (TPSA) is 35.2 Å². The predicted molar refractivity (Wildman–Crippen MR) is 62.5 cm³/mol. The van der Waals surface area contributed by atoms with Gasteiger partial charge in [0, 0.05) is 6.07 Å².